The molecule has 2 N–H and O–H groups in total. The Balaban J connectivity index is 1.81. The third-order valence-corrected chi connectivity index (χ3v) is 3.67. The van der Waals surface area contributed by atoms with Crippen molar-refractivity contribution in [3.05, 3.63) is 56.2 Å². The van der Waals surface area contributed by atoms with Gasteiger partial charge in [-0.2, -0.15) is 4.98 Å². The Labute approximate surface area is 141 Å². The average Bonchev–Trinajstić information content (AvgIpc) is 3.02. The number of aromatic nitrogens is 4. The molecule has 1 amide bonds. The molecule has 0 bridgehead atoms. The van der Waals surface area contributed by atoms with Crippen LogP contribution in [0.1, 0.15) is 35.4 Å². The van der Waals surface area contributed by atoms with Crippen molar-refractivity contribution in [1.82, 2.24) is 25.0 Å². The predicted octanol–water partition coefficient (Wildman–Crippen LogP) is 0.824. The second-order valence-corrected chi connectivity index (χ2v) is 5.68. The van der Waals surface area contributed by atoms with Crippen molar-refractivity contribution in [3.63, 3.8) is 0 Å². The van der Waals surface area contributed by atoms with Crippen molar-refractivity contribution >= 4 is 16.9 Å². The number of H-pyrrole nitrogens is 2. The van der Waals surface area contributed by atoms with Gasteiger partial charge in [0.2, 0.25) is 5.89 Å². The van der Waals surface area contributed by atoms with Gasteiger partial charge in [0, 0.05) is 19.0 Å². The fraction of sp³-hybridized carbons (Fsp3) is 0.312. The summed E-state index contributed by atoms with van der Waals surface area (Å²) < 4.78 is 5.13. The Morgan fingerprint density at radius 3 is 2.64 bits per heavy atom. The fourth-order valence-corrected chi connectivity index (χ4v) is 2.42. The summed E-state index contributed by atoms with van der Waals surface area (Å²) in [6.07, 6.45) is 1.63. The molecule has 0 fully saturated rings. The SMILES string of the molecule is CCCc1noc(CN(C)C(=O)c2ccc3[nH]c(=O)c(=O)[nH]c3c2)n1. The van der Waals surface area contributed by atoms with Gasteiger partial charge in [0.25, 0.3) is 5.91 Å². The number of rotatable bonds is 5. The molecule has 0 unspecified atom stereocenters. The Bertz CT molecular complexity index is 1030. The molecule has 25 heavy (non-hydrogen) atoms. The van der Waals surface area contributed by atoms with Crippen LogP contribution < -0.4 is 11.1 Å². The third-order valence-electron chi connectivity index (χ3n) is 3.67. The van der Waals surface area contributed by atoms with Crippen LogP contribution in [0.5, 0.6) is 0 Å². The van der Waals surface area contributed by atoms with Gasteiger partial charge >= 0.3 is 11.1 Å². The number of benzene rings is 1. The quantitative estimate of drug-likeness (QED) is 0.661. The van der Waals surface area contributed by atoms with E-state index < -0.39 is 11.1 Å². The lowest BCUT2D eigenvalue weighted by molar-refractivity contribution is 0.0769. The highest BCUT2D eigenvalue weighted by Crippen LogP contribution is 2.12. The van der Waals surface area contributed by atoms with Crippen LogP contribution in [-0.4, -0.2) is 38.0 Å². The normalized spacial score (nSPS) is 11.0. The summed E-state index contributed by atoms with van der Waals surface area (Å²) in [7, 11) is 1.62. The van der Waals surface area contributed by atoms with Crippen molar-refractivity contribution in [2.75, 3.05) is 7.05 Å². The Morgan fingerprint density at radius 2 is 1.92 bits per heavy atom. The van der Waals surface area contributed by atoms with Crippen LogP contribution in [-0.2, 0) is 13.0 Å². The molecule has 0 atom stereocenters. The number of carbonyl (C=O) groups is 1. The monoisotopic (exact) mass is 343 g/mol. The summed E-state index contributed by atoms with van der Waals surface area (Å²) in [6.45, 7) is 2.19. The van der Waals surface area contributed by atoms with Crippen LogP contribution in [0.4, 0.5) is 0 Å². The summed E-state index contributed by atoms with van der Waals surface area (Å²) in [5, 5.41) is 3.85. The van der Waals surface area contributed by atoms with Crippen molar-refractivity contribution < 1.29 is 9.32 Å². The molecule has 0 radical (unpaired) electrons. The van der Waals surface area contributed by atoms with E-state index in [1.165, 1.54) is 11.0 Å². The van der Waals surface area contributed by atoms with Crippen molar-refractivity contribution in [2.24, 2.45) is 0 Å². The molecule has 0 aliphatic heterocycles. The molecule has 2 heterocycles. The molecular formula is C16H17N5O4. The molecule has 130 valence electrons. The van der Waals surface area contributed by atoms with Crippen molar-refractivity contribution in [1.29, 1.82) is 0 Å². The predicted molar refractivity (Wildman–Crippen MR) is 89.3 cm³/mol. The number of hydrogen-bond donors (Lipinski definition) is 2. The number of nitrogens with one attached hydrogen (secondary N) is 2. The second kappa shape index (κ2) is 6.71. The van der Waals surface area contributed by atoms with E-state index in [2.05, 4.69) is 20.1 Å². The van der Waals surface area contributed by atoms with Crippen molar-refractivity contribution in [2.45, 2.75) is 26.3 Å². The molecule has 3 aromatic rings. The lowest BCUT2D eigenvalue weighted by Crippen LogP contribution is -2.29. The molecular weight excluding hydrogens is 326 g/mol. The maximum absolute atomic E-state index is 12.5. The van der Waals surface area contributed by atoms with Crippen LogP contribution in [0.2, 0.25) is 0 Å². The maximum Gasteiger partial charge on any atom is 0.314 e. The minimum atomic E-state index is -0.764. The summed E-state index contributed by atoms with van der Waals surface area (Å²) in [5.41, 5.74) is -0.300. The van der Waals surface area contributed by atoms with Gasteiger partial charge in [-0.1, -0.05) is 12.1 Å². The molecule has 9 heteroatoms. The smallest absolute Gasteiger partial charge is 0.314 e. The molecule has 3 rings (SSSR count). The standard InChI is InChI=1S/C16H17N5O4/c1-3-4-12-19-13(25-20-12)8-21(2)16(24)9-5-6-10-11(7-9)18-15(23)14(22)17-10/h5-7H,3-4,8H2,1-2H3,(H,17,22)(H,18,23). The molecule has 0 aliphatic rings. The zero-order valence-electron chi connectivity index (χ0n) is 13.8. The lowest BCUT2D eigenvalue weighted by atomic mass is 10.1. The summed E-state index contributed by atoms with van der Waals surface area (Å²) in [5.74, 6) is 0.701. The first-order chi connectivity index (χ1) is 12.0. The second-order valence-electron chi connectivity index (χ2n) is 5.68. The first kappa shape index (κ1) is 16.6. The van der Waals surface area contributed by atoms with Crippen LogP contribution in [0, 0.1) is 0 Å². The van der Waals surface area contributed by atoms with Crippen LogP contribution in [0.15, 0.2) is 32.3 Å². The Morgan fingerprint density at radius 1 is 1.20 bits per heavy atom. The van der Waals surface area contributed by atoms with E-state index >= 15 is 0 Å². The summed E-state index contributed by atoms with van der Waals surface area (Å²) >= 11 is 0. The molecule has 0 aliphatic carbocycles. The fourth-order valence-electron chi connectivity index (χ4n) is 2.42. The van der Waals surface area contributed by atoms with Gasteiger partial charge < -0.3 is 19.4 Å². The molecule has 0 spiro atoms. The van der Waals surface area contributed by atoms with E-state index in [-0.39, 0.29) is 12.5 Å². The molecule has 0 saturated heterocycles. The van der Waals surface area contributed by atoms with Gasteiger partial charge in [0.05, 0.1) is 17.6 Å². The minimum absolute atomic E-state index is 0.176. The zero-order chi connectivity index (χ0) is 18.0. The maximum atomic E-state index is 12.5. The van der Waals surface area contributed by atoms with Gasteiger partial charge in [-0.05, 0) is 24.6 Å². The largest absolute Gasteiger partial charge is 0.337 e. The number of nitrogens with zero attached hydrogens (tertiary/aromatic N) is 3. The van der Waals surface area contributed by atoms with E-state index in [1.807, 2.05) is 6.92 Å². The highest BCUT2D eigenvalue weighted by molar-refractivity contribution is 5.97. The molecule has 1 aromatic carbocycles. The van der Waals surface area contributed by atoms with E-state index in [0.29, 0.717) is 28.3 Å². The van der Waals surface area contributed by atoms with Crippen LogP contribution >= 0.6 is 0 Å². The number of fused-ring (bicyclic) bond motifs is 1. The molecule has 2 aromatic heterocycles. The number of amides is 1. The topological polar surface area (TPSA) is 125 Å². The highest BCUT2D eigenvalue weighted by Gasteiger charge is 2.16. The first-order valence-corrected chi connectivity index (χ1v) is 7.81. The number of hydrogen-bond acceptors (Lipinski definition) is 6. The molecule has 9 nitrogen and oxygen atoms in total. The summed E-state index contributed by atoms with van der Waals surface area (Å²) in [4.78, 5) is 45.9. The van der Waals surface area contributed by atoms with Crippen LogP contribution in [0.25, 0.3) is 11.0 Å². The van der Waals surface area contributed by atoms with E-state index in [9.17, 15) is 14.4 Å². The van der Waals surface area contributed by atoms with Crippen molar-refractivity contribution in [3.8, 4) is 0 Å². The van der Waals surface area contributed by atoms with Gasteiger partial charge in [-0.25, -0.2) is 0 Å². The van der Waals surface area contributed by atoms with Gasteiger partial charge in [-0.3, -0.25) is 14.4 Å². The molecule has 0 saturated carbocycles. The lowest BCUT2D eigenvalue weighted by Gasteiger charge is -2.15. The first-order valence-electron chi connectivity index (χ1n) is 7.81. The van der Waals surface area contributed by atoms with Gasteiger partial charge in [0.15, 0.2) is 5.82 Å². The Kier molecular flexibility index (Phi) is 4.46. The average molecular weight is 343 g/mol. The zero-order valence-corrected chi connectivity index (χ0v) is 13.8. The van der Waals surface area contributed by atoms with E-state index in [0.717, 1.165) is 12.8 Å². The number of carbonyl (C=O) groups excluding carboxylic acids is 1. The highest BCUT2D eigenvalue weighted by atomic mass is 16.5. The van der Waals surface area contributed by atoms with E-state index in [1.54, 1.807) is 19.2 Å². The van der Waals surface area contributed by atoms with Crippen LogP contribution in [0.3, 0.4) is 0 Å². The number of aryl methyl sites for hydroxylation is 1. The Hall–Kier alpha value is -3.23. The van der Waals surface area contributed by atoms with E-state index in [4.69, 9.17) is 4.52 Å². The minimum Gasteiger partial charge on any atom is -0.337 e. The van der Waals surface area contributed by atoms with Gasteiger partial charge in [0.1, 0.15) is 0 Å². The van der Waals surface area contributed by atoms with Gasteiger partial charge in [-0.15, -0.1) is 0 Å². The third kappa shape index (κ3) is 3.49. The summed E-state index contributed by atoms with van der Waals surface area (Å²) in [6, 6.07) is 4.66. The number of aromatic amines is 2.